The van der Waals surface area contributed by atoms with Gasteiger partial charge >= 0.3 is 0 Å². The summed E-state index contributed by atoms with van der Waals surface area (Å²) in [5.74, 6) is 0. The molecule has 1 aromatic carbocycles. The van der Waals surface area contributed by atoms with Gasteiger partial charge in [0.1, 0.15) is 0 Å². The number of rotatable bonds is 2. The maximum Gasteiger partial charge on any atom is 0.0793 e. The predicted octanol–water partition coefficient (Wildman–Crippen LogP) is 4.34. The number of fused-ring (bicyclic) bond motifs is 1. The summed E-state index contributed by atoms with van der Waals surface area (Å²) in [6.07, 6.45) is 1.93. The van der Waals surface area contributed by atoms with Crippen LogP contribution in [0.2, 0.25) is 0 Å². The lowest BCUT2D eigenvalue weighted by Gasteiger charge is -2.36. The number of halogens is 1. The minimum absolute atomic E-state index is 0.140. The number of nitrogens with zero attached hydrogens (tertiary/aromatic N) is 1. The molecular weight excluding hydrogens is 290 g/mol. The van der Waals surface area contributed by atoms with Crippen LogP contribution >= 0.6 is 15.9 Å². The van der Waals surface area contributed by atoms with E-state index >= 15 is 0 Å². The van der Waals surface area contributed by atoms with Crippen LogP contribution in [0.1, 0.15) is 20.8 Å². The van der Waals surface area contributed by atoms with Gasteiger partial charge in [0.25, 0.3) is 0 Å². The van der Waals surface area contributed by atoms with Crippen molar-refractivity contribution in [2.24, 2.45) is 4.99 Å². The van der Waals surface area contributed by atoms with Crippen molar-refractivity contribution in [2.45, 2.75) is 26.3 Å². The van der Waals surface area contributed by atoms with Gasteiger partial charge in [0.15, 0.2) is 0 Å². The molecular formula is C14H18BrN3. The molecule has 1 atom stereocenters. The molecule has 0 aliphatic carbocycles. The lowest BCUT2D eigenvalue weighted by Crippen LogP contribution is -2.43. The second-order valence-electron chi connectivity index (χ2n) is 4.98. The SMILES string of the molecule is C=CC1(C)CNc2ccc(N=C(C)C)c(Br)c2N1. The molecule has 2 N–H and O–H groups in total. The summed E-state index contributed by atoms with van der Waals surface area (Å²) in [7, 11) is 0. The highest BCUT2D eigenvalue weighted by Gasteiger charge is 2.27. The summed E-state index contributed by atoms with van der Waals surface area (Å²) in [5, 5.41) is 6.92. The number of nitrogens with one attached hydrogen (secondary N) is 2. The first-order valence-electron chi connectivity index (χ1n) is 5.95. The van der Waals surface area contributed by atoms with Gasteiger partial charge < -0.3 is 10.6 Å². The lowest BCUT2D eigenvalue weighted by molar-refractivity contribution is 0.659. The van der Waals surface area contributed by atoms with E-state index in [9.17, 15) is 0 Å². The van der Waals surface area contributed by atoms with Gasteiger partial charge in [-0.1, -0.05) is 6.08 Å². The van der Waals surface area contributed by atoms with Crippen molar-refractivity contribution in [1.82, 2.24) is 0 Å². The van der Waals surface area contributed by atoms with Crippen molar-refractivity contribution in [3.05, 3.63) is 29.3 Å². The van der Waals surface area contributed by atoms with E-state index in [1.54, 1.807) is 0 Å². The molecule has 0 bridgehead atoms. The van der Waals surface area contributed by atoms with Crippen LogP contribution < -0.4 is 10.6 Å². The van der Waals surface area contributed by atoms with Gasteiger partial charge in [-0.2, -0.15) is 0 Å². The molecule has 1 aliphatic rings. The Hall–Kier alpha value is -1.29. The van der Waals surface area contributed by atoms with Gasteiger partial charge in [0, 0.05) is 12.3 Å². The molecule has 1 heterocycles. The molecule has 0 amide bonds. The van der Waals surface area contributed by atoms with Crippen molar-refractivity contribution >= 4 is 38.7 Å². The van der Waals surface area contributed by atoms with Crippen molar-refractivity contribution in [3.8, 4) is 0 Å². The Morgan fingerprint density at radius 2 is 2.22 bits per heavy atom. The molecule has 18 heavy (non-hydrogen) atoms. The number of anilines is 2. The third kappa shape index (κ3) is 2.43. The van der Waals surface area contributed by atoms with E-state index < -0.39 is 0 Å². The highest BCUT2D eigenvalue weighted by molar-refractivity contribution is 9.10. The molecule has 1 unspecified atom stereocenters. The van der Waals surface area contributed by atoms with E-state index in [4.69, 9.17) is 0 Å². The molecule has 0 aromatic heterocycles. The zero-order valence-corrected chi connectivity index (χ0v) is 12.6. The number of benzene rings is 1. The van der Waals surface area contributed by atoms with Gasteiger partial charge in [-0.25, -0.2) is 0 Å². The Bertz CT molecular complexity index is 518. The van der Waals surface area contributed by atoms with E-state index in [2.05, 4.69) is 51.1 Å². The molecule has 0 spiro atoms. The topological polar surface area (TPSA) is 36.4 Å². The lowest BCUT2D eigenvalue weighted by atomic mass is 9.98. The molecule has 1 aliphatic heterocycles. The fourth-order valence-electron chi connectivity index (χ4n) is 1.89. The van der Waals surface area contributed by atoms with Crippen molar-refractivity contribution < 1.29 is 0 Å². The summed E-state index contributed by atoms with van der Waals surface area (Å²) < 4.78 is 0.987. The quantitative estimate of drug-likeness (QED) is 0.630. The summed E-state index contributed by atoms with van der Waals surface area (Å²) in [5.41, 5.74) is 3.97. The van der Waals surface area contributed by atoms with Gasteiger partial charge in [-0.05, 0) is 48.8 Å². The average molecular weight is 308 g/mol. The minimum Gasteiger partial charge on any atom is -0.381 e. The van der Waals surface area contributed by atoms with Gasteiger partial charge in [-0.15, -0.1) is 6.58 Å². The third-order valence-electron chi connectivity index (χ3n) is 2.97. The van der Waals surface area contributed by atoms with Gasteiger partial charge in [0.2, 0.25) is 0 Å². The predicted molar refractivity (Wildman–Crippen MR) is 83.3 cm³/mol. The summed E-state index contributed by atoms with van der Waals surface area (Å²) in [6.45, 7) is 10.8. The second-order valence-corrected chi connectivity index (χ2v) is 5.77. The molecule has 96 valence electrons. The van der Waals surface area contributed by atoms with Crippen LogP contribution in [0.3, 0.4) is 0 Å². The fraction of sp³-hybridized carbons (Fsp3) is 0.357. The first kappa shape index (κ1) is 13.1. The molecule has 0 saturated carbocycles. The van der Waals surface area contributed by atoms with Crippen molar-refractivity contribution in [3.63, 3.8) is 0 Å². The highest BCUT2D eigenvalue weighted by atomic mass is 79.9. The number of aliphatic imine (C=N–C) groups is 1. The molecule has 3 nitrogen and oxygen atoms in total. The zero-order valence-electron chi connectivity index (χ0n) is 11.0. The summed E-state index contributed by atoms with van der Waals surface area (Å²) >= 11 is 3.63. The highest BCUT2D eigenvalue weighted by Crippen LogP contribution is 2.42. The van der Waals surface area contributed by atoms with E-state index in [1.165, 1.54) is 0 Å². The van der Waals surface area contributed by atoms with Gasteiger partial charge in [0.05, 0.1) is 27.1 Å². The van der Waals surface area contributed by atoms with E-state index in [0.717, 1.165) is 33.8 Å². The van der Waals surface area contributed by atoms with Crippen LogP contribution in [-0.2, 0) is 0 Å². The Morgan fingerprint density at radius 3 is 2.83 bits per heavy atom. The van der Waals surface area contributed by atoms with Crippen LogP contribution in [-0.4, -0.2) is 17.8 Å². The molecule has 0 fully saturated rings. The second kappa shape index (κ2) is 4.76. The minimum atomic E-state index is -0.140. The first-order chi connectivity index (χ1) is 8.45. The smallest absolute Gasteiger partial charge is 0.0793 e. The largest absolute Gasteiger partial charge is 0.381 e. The Morgan fingerprint density at radius 1 is 1.50 bits per heavy atom. The summed E-state index contributed by atoms with van der Waals surface area (Å²) in [4.78, 5) is 4.52. The molecule has 2 rings (SSSR count). The average Bonchev–Trinajstić information content (AvgIpc) is 2.33. The molecule has 0 radical (unpaired) electrons. The number of hydrogen-bond acceptors (Lipinski definition) is 3. The molecule has 4 heteroatoms. The maximum atomic E-state index is 4.52. The standard InChI is InChI=1S/C14H18BrN3/c1-5-14(4)8-16-11-7-6-10(17-9(2)3)12(15)13(11)18-14/h5-7,16,18H,1,8H2,2-4H3. The third-order valence-corrected chi connectivity index (χ3v) is 3.78. The van der Waals surface area contributed by atoms with E-state index in [1.807, 2.05) is 26.0 Å². The van der Waals surface area contributed by atoms with Crippen molar-refractivity contribution in [2.75, 3.05) is 17.2 Å². The van der Waals surface area contributed by atoms with Crippen LogP contribution in [0.25, 0.3) is 0 Å². The Kier molecular flexibility index (Phi) is 3.48. The van der Waals surface area contributed by atoms with Crippen LogP contribution in [0, 0.1) is 0 Å². The summed E-state index contributed by atoms with van der Waals surface area (Å²) in [6, 6.07) is 4.07. The van der Waals surface area contributed by atoms with Gasteiger partial charge in [-0.3, -0.25) is 4.99 Å². The normalized spacial score (nSPS) is 21.3. The van der Waals surface area contributed by atoms with E-state index in [-0.39, 0.29) is 5.54 Å². The fourth-order valence-corrected chi connectivity index (χ4v) is 2.43. The van der Waals surface area contributed by atoms with E-state index in [0.29, 0.717) is 0 Å². The van der Waals surface area contributed by atoms with Crippen LogP contribution in [0.15, 0.2) is 34.3 Å². The van der Waals surface area contributed by atoms with Crippen LogP contribution in [0.5, 0.6) is 0 Å². The number of hydrogen-bond donors (Lipinski definition) is 2. The monoisotopic (exact) mass is 307 g/mol. The molecule has 1 aromatic rings. The van der Waals surface area contributed by atoms with Crippen LogP contribution in [0.4, 0.5) is 17.1 Å². The zero-order chi connectivity index (χ0) is 13.3. The maximum absolute atomic E-state index is 4.52. The molecule has 0 saturated heterocycles. The first-order valence-corrected chi connectivity index (χ1v) is 6.74. The Labute approximate surface area is 117 Å². The van der Waals surface area contributed by atoms with Crippen molar-refractivity contribution in [1.29, 1.82) is 0 Å². The Balaban J connectivity index is 2.48.